The van der Waals surface area contributed by atoms with Crippen molar-refractivity contribution < 1.29 is 13.2 Å². The second-order valence-electron chi connectivity index (χ2n) is 5.64. The Balaban J connectivity index is 2.12. The van der Waals surface area contributed by atoms with Gasteiger partial charge < -0.3 is 4.74 Å². The average molecular weight is 355 g/mol. The molecule has 2 fully saturated rings. The summed E-state index contributed by atoms with van der Waals surface area (Å²) in [4.78, 5) is 0. The molecule has 2 aliphatic rings. The Morgan fingerprint density at radius 1 is 1.32 bits per heavy atom. The van der Waals surface area contributed by atoms with E-state index >= 15 is 0 Å². The molecule has 0 amide bonds. The van der Waals surface area contributed by atoms with Crippen molar-refractivity contribution in [1.82, 2.24) is 8.61 Å². The van der Waals surface area contributed by atoms with Crippen molar-refractivity contribution in [3.05, 3.63) is 0 Å². The molecule has 5 nitrogen and oxygen atoms in total. The Bertz CT molecular complexity index is 404. The van der Waals surface area contributed by atoms with Crippen LogP contribution >= 0.6 is 15.9 Å². The molecule has 112 valence electrons. The third-order valence-corrected chi connectivity index (χ3v) is 6.67. The molecule has 0 radical (unpaired) electrons. The van der Waals surface area contributed by atoms with Gasteiger partial charge >= 0.3 is 0 Å². The second kappa shape index (κ2) is 6.39. The van der Waals surface area contributed by atoms with Gasteiger partial charge in [-0.3, -0.25) is 0 Å². The Morgan fingerprint density at radius 2 is 2.05 bits per heavy atom. The third kappa shape index (κ3) is 3.50. The van der Waals surface area contributed by atoms with E-state index in [9.17, 15) is 8.42 Å². The van der Waals surface area contributed by atoms with Gasteiger partial charge in [-0.2, -0.15) is 17.0 Å². The van der Waals surface area contributed by atoms with Crippen molar-refractivity contribution in [3.8, 4) is 0 Å². The predicted molar refractivity (Wildman–Crippen MR) is 78.6 cm³/mol. The lowest BCUT2D eigenvalue weighted by molar-refractivity contribution is -0.0164. The smallest absolute Gasteiger partial charge is 0.282 e. The van der Waals surface area contributed by atoms with Crippen LogP contribution in [0.5, 0.6) is 0 Å². The van der Waals surface area contributed by atoms with Crippen LogP contribution in [0.4, 0.5) is 0 Å². The molecule has 2 rings (SSSR count). The number of hydrogen-bond acceptors (Lipinski definition) is 3. The largest absolute Gasteiger partial charge is 0.374 e. The number of piperidine rings is 1. The first-order valence-electron chi connectivity index (χ1n) is 6.89. The first-order valence-corrected chi connectivity index (χ1v) is 9.41. The van der Waals surface area contributed by atoms with Gasteiger partial charge in [-0.15, -0.1) is 0 Å². The van der Waals surface area contributed by atoms with E-state index in [4.69, 9.17) is 4.74 Å². The van der Waals surface area contributed by atoms with Crippen LogP contribution in [-0.4, -0.2) is 60.7 Å². The zero-order valence-corrected chi connectivity index (χ0v) is 14.0. The lowest BCUT2D eigenvalue weighted by Gasteiger charge is -2.41. The van der Waals surface area contributed by atoms with Crippen LogP contribution in [0, 0.1) is 5.92 Å². The lowest BCUT2D eigenvalue weighted by Crippen LogP contribution is -2.57. The quantitative estimate of drug-likeness (QED) is 0.720. The van der Waals surface area contributed by atoms with Gasteiger partial charge in [-0.25, -0.2) is 0 Å². The van der Waals surface area contributed by atoms with Gasteiger partial charge in [0.15, 0.2) is 0 Å². The standard InChI is InChI=1S/C12H23BrN2O3S/c1-10-4-3-5-14(7-10)19(16,17)15-8-12(6-13)18-9-11(15)2/h10-12H,3-9H2,1-2H3. The maximum absolute atomic E-state index is 12.7. The van der Waals surface area contributed by atoms with Crippen molar-refractivity contribution in [3.63, 3.8) is 0 Å². The molecule has 0 aromatic heterocycles. The van der Waals surface area contributed by atoms with Crippen LogP contribution in [0.1, 0.15) is 26.7 Å². The highest BCUT2D eigenvalue weighted by Gasteiger charge is 2.38. The molecule has 3 atom stereocenters. The monoisotopic (exact) mass is 354 g/mol. The first kappa shape index (κ1) is 15.7. The maximum Gasteiger partial charge on any atom is 0.282 e. The minimum absolute atomic E-state index is 0.0480. The topological polar surface area (TPSA) is 49.9 Å². The minimum Gasteiger partial charge on any atom is -0.374 e. The Hall–Kier alpha value is 0.310. The molecule has 0 saturated carbocycles. The molecule has 3 unspecified atom stereocenters. The fraction of sp³-hybridized carbons (Fsp3) is 1.00. The van der Waals surface area contributed by atoms with Crippen LogP contribution in [0.25, 0.3) is 0 Å². The molecule has 0 bridgehead atoms. The van der Waals surface area contributed by atoms with Crippen molar-refractivity contribution >= 4 is 26.1 Å². The fourth-order valence-electron chi connectivity index (χ4n) is 2.71. The van der Waals surface area contributed by atoms with Crippen LogP contribution in [0.2, 0.25) is 0 Å². The van der Waals surface area contributed by atoms with Gasteiger partial charge in [0.1, 0.15) is 0 Å². The summed E-state index contributed by atoms with van der Waals surface area (Å²) in [5, 5.41) is 0.669. The predicted octanol–water partition coefficient (Wildman–Crippen LogP) is 1.45. The highest BCUT2D eigenvalue weighted by Crippen LogP contribution is 2.24. The summed E-state index contributed by atoms with van der Waals surface area (Å²) in [6, 6.07) is -0.0856. The molecule has 0 aliphatic carbocycles. The SMILES string of the molecule is CC1CCCN(S(=O)(=O)N2CC(CBr)OCC2C)C1. The van der Waals surface area contributed by atoms with Crippen LogP contribution in [-0.2, 0) is 14.9 Å². The summed E-state index contributed by atoms with van der Waals surface area (Å²) in [5.41, 5.74) is 0. The van der Waals surface area contributed by atoms with Crippen molar-refractivity contribution in [2.24, 2.45) is 5.92 Å². The molecule has 19 heavy (non-hydrogen) atoms. The molecular weight excluding hydrogens is 332 g/mol. The zero-order valence-electron chi connectivity index (χ0n) is 11.6. The van der Waals surface area contributed by atoms with Gasteiger partial charge in [0.25, 0.3) is 10.2 Å². The average Bonchev–Trinajstić information content (AvgIpc) is 2.39. The fourth-order valence-corrected chi connectivity index (χ4v) is 5.07. The van der Waals surface area contributed by atoms with E-state index in [1.54, 1.807) is 8.61 Å². The Kier molecular flexibility index (Phi) is 5.28. The number of rotatable bonds is 3. The van der Waals surface area contributed by atoms with E-state index in [1.165, 1.54) is 0 Å². The van der Waals surface area contributed by atoms with E-state index in [-0.39, 0.29) is 12.1 Å². The van der Waals surface area contributed by atoms with Crippen LogP contribution in [0.15, 0.2) is 0 Å². The molecule has 0 aromatic carbocycles. The number of halogens is 1. The summed E-state index contributed by atoms with van der Waals surface area (Å²) in [7, 11) is -3.34. The number of alkyl halides is 1. The molecule has 2 saturated heterocycles. The van der Waals surface area contributed by atoms with Gasteiger partial charge in [0.05, 0.1) is 12.7 Å². The molecule has 0 spiro atoms. The second-order valence-corrected chi connectivity index (χ2v) is 8.17. The Morgan fingerprint density at radius 3 is 2.68 bits per heavy atom. The number of nitrogens with zero attached hydrogens (tertiary/aromatic N) is 2. The molecule has 2 heterocycles. The van der Waals surface area contributed by atoms with E-state index in [0.29, 0.717) is 37.5 Å². The summed E-state index contributed by atoms with van der Waals surface area (Å²) >= 11 is 3.37. The molecule has 2 aliphatic heterocycles. The van der Waals surface area contributed by atoms with Crippen molar-refractivity contribution in [2.75, 3.05) is 31.6 Å². The van der Waals surface area contributed by atoms with Gasteiger partial charge in [0.2, 0.25) is 0 Å². The summed E-state index contributed by atoms with van der Waals surface area (Å²) < 4.78 is 34.3. The van der Waals surface area contributed by atoms with E-state index in [0.717, 1.165) is 12.8 Å². The normalized spacial score (nSPS) is 35.4. The summed E-state index contributed by atoms with van der Waals surface area (Å²) in [6.07, 6.45) is 2.03. The number of hydrogen-bond donors (Lipinski definition) is 0. The van der Waals surface area contributed by atoms with Gasteiger partial charge in [-0.1, -0.05) is 22.9 Å². The van der Waals surface area contributed by atoms with Crippen molar-refractivity contribution in [2.45, 2.75) is 38.8 Å². The van der Waals surface area contributed by atoms with E-state index in [2.05, 4.69) is 22.9 Å². The highest BCUT2D eigenvalue weighted by molar-refractivity contribution is 9.09. The first-order chi connectivity index (χ1) is 8.95. The maximum atomic E-state index is 12.7. The molecule has 0 aromatic rings. The van der Waals surface area contributed by atoms with Crippen molar-refractivity contribution in [1.29, 1.82) is 0 Å². The molecular formula is C12H23BrN2O3S. The third-order valence-electron chi connectivity index (χ3n) is 3.86. The number of morpholine rings is 1. The highest BCUT2D eigenvalue weighted by atomic mass is 79.9. The zero-order chi connectivity index (χ0) is 14.0. The van der Waals surface area contributed by atoms with Crippen LogP contribution < -0.4 is 0 Å². The van der Waals surface area contributed by atoms with E-state index in [1.807, 2.05) is 6.92 Å². The molecule has 7 heteroatoms. The summed E-state index contributed by atoms with van der Waals surface area (Å²) in [6.45, 7) is 6.24. The number of ether oxygens (including phenoxy) is 1. The van der Waals surface area contributed by atoms with Crippen LogP contribution in [0.3, 0.4) is 0 Å². The van der Waals surface area contributed by atoms with Gasteiger partial charge in [-0.05, 0) is 25.7 Å². The van der Waals surface area contributed by atoms with Gasteiger partial charge in [0, 0.05) is 31.0 Å². The molecule has 0 N–H and O–H groups in total. The minimum atomic E-state index is -3.34. The van der Waals surface area contributed by atoms with E-state index < -0.39 is 10.2 Å². The summed E-state index contributed by atoms with van der Waals surface area (Å²) in [5.74, 6) is 0.451. The lowest BCUT2D eigenvalue weighted by atomic mass is 10.0. The Labute approximate surface area is 124 Å².